The Morgan fingerprint density at radius 3 is 2.80 bits per heavy atom. The Bertz CT molecular complexity index is 175. The molecule has 1 aliphatic heterocycles. The zero-order valence-corrected chi connectivity index (χ0v) is 10.8. The summed E-state index contributed by atoms with van der Waals surface area (Å²) < 4.78 is 0. The molecule has 88 valence electrons. The Labute approximate surface area is 98.8 Å². The average Bonchev–Trinajstić information content (AvgIpc) is 2.74. The van der Waals surface area contributed by atoms with Gasteiger partial charge in [0.15, 0.2) is 0 Å². The molecule has 1 heterocycles. The summed E-state index contributed by atoms with van der Waals surface area (Å²) >= 11 is 2.12. The Morgan fingerprint density at radius 1 is 1.20 bits per heavy atom. The molecule has 1 saturated heterocycles. The maximum atomic E-state index is 3.93. The lowest BCUT2D eigenvalue weighted by Gasteiger charge is -2.34. The number of hydrogen-bond acceptors (Lipinski definition) is 2. The second-order valence-electron chi connectivity index (χ2n) is 5.17. The average molecular weight is 227 g/mol. The Hall–Kier alpha value is 0.310. The van der Waals surface area contributed by atoms with E-state index in [4.69, 9.17) is 0 Å². The van der Waals surface area contributed by atoms with E-state index in [0.717, 1.165) is 18.0 Å². The van der Waals surface area contributed by atoms with Crippen molar-refractivity contribution in [2.45, 2.75) is 64.0 Å². The van der Waals surface area contributed by atoms with Gasteiger partial charge < -0.3 is 5.32 Å². The lowest BCUT2D eigenvalue weighted by atomic mass is 9.81. The summed E-state index contributed by atoms with van der Waals surface area (Å²) in [4.78, 5) is 0. The number of hydrogen-bond donors (Lipinski definition) is 1. The van der Waals surface area contributed by atoms with E-state index < -0.39 is 0 Å². The fourth-order valence-electron chi connectivity index (χ4n) is 3.11. The van der Waals surface area contributed by atoms with Gasteiger partial charge in [0.25, 0.3) is 0 Å². The largest absolute Gasteiger partial charge is 0.310 e. The van der Waals surface area contributed by atoms with E-state index in [0.29, 0.717) is 0 Å². The monoisotopic (exact) mass is 227 g/mol. The van der Waals surface area contributed by atoms with Gasteiger partial charge in [0.2, 0.25) is 0 Å². The quantitative estimate of drug-likeness (QED) is 0.789. The van der Waals surface area contributed by atoms with Gasteiger partial charge in [0.1, 0.15) is 0 Å². The van der Waals surface area contributed by atoms with Crippen molar-refractivity contribution < 1.29 is 0 Å². The van der Waals surface area contributed by atoms with Crippen LogP contribution in [0.4, 0.5) is 0 Å². The minimum absolute atomic E-state index is 0.831. The van der Waals surface area contributed by atoms with E-state index in [2.05, 4.69) is 24.0 Å². The normalized spacial score (nSPS) is 37.0. The Balaban J connectivity index is 1.80. The summed E-state index contributed by atoms with van der Waals surface area (Å²) in [5.41, 5.74) is 0. The highest BCUT2D eigenvalue weighted by Gasteiger charge is 2.27. The summed E-state index contributed by atoms with van der Waals surface area (Å²) in [6.07, 6.45) is 10.1. The molecule has 2 rings (SSSR count). The van der Waals surface area contributed by atoms with E-state index in [1.807, 2.05) is 0 Å². The van der Waals surface area contributed by atoms with Crippen LogP contribution < -0.4 is 5.32 Å². The second-order valence-corrected chi connectivity index (χ2v) is 6.32. The summed E-state index contributed by atoms with van der Waals surface area (Å²) in [5, 5.41) is 3.93. The van der Waals surface area contributed by atoms with Crippen molar-refractivity contribution in [3.05, 3.63) is 0 Å². The standard InChI is InChI=1S/C13H25NS/c1-2-5-11-6-3-4-7-13(11)14-12-8-9-15-10-12/h11-14H,2-10H2,1H3. The van der Waals surface area contributed by atoms with Gasteiger partial charge in [0, 0.05) is 17.8 Å². The van der Waals surface area contributed by atoms with Gasteiger partial charge in [-0.1, -0.05) is 26.2 Å². The predicted molar refractivity (Wildman–Crippen MR) is 69.5 cm³/mol. The predicted octanol–water partition coefficient (Wildman–Crippen LogP) is 3.44. The first kappa shape index (κ1) is 11.8. The third kappa shape index (κ3) is 3.39. The highest BCUT2D eigenvalue weighted by atomic mass is 32.2. The smallest absolute Gasteiger partial charge is 0.0168 e. The molecule has 0 spiro atoms. The van der Waals surface area contributed by atoms with Crippen LogP contribution in [0.2, 0.25) is 0 Å². The van der Waals surface area contributed by atoms with Crippen LogP contribution in [0.15, 0.2) is 0 Å². The molecule has 3 atom stereocenters. The van der Waals surface area contributed by atoms with Crippen LogP contribution in [0.25, 0.3) is 0 Å². The van der Waals surface area contributed by atoms with Gasteiger partial charge in [-0.3, -0.25) is 0 Å². The lowest BCUT2D eigenvalue weighted by molar-refractivity contribution is 0.234. The molecular formula is C13H25NS. The summed E-state index contributed by atoms with van der Waals surface area (Å²) in [5.74, 6) is 3.72. The molecule has 15 heavy (non-hydrogen) atoms. The molecule has 1 saturated carbocycles. The number of nitrogens with one attached hydrogen (secondary N) is 1. The van der Waals surface area contributed by atoms with Crippen molar-refractivity contribution in [1.82, 2.24) is 5.32 Å². The fraction of sp³-hybridized carbons (Fsp3) is 1.00. The molecule has 0 radical (unpaired) electrons. The van der Waals surface area contributed by atoms with Gasteiger partial charge in [-0.2, -0.15) is 11.8 Å². The first-order valence-corrected chi connectivity index (χ1v) is 7.89. The van der Waals surface area contributed by atoms with Gasteiger partial charge in [-0.25, -0.2) is 0 Å². The van der Waals surface area contributed by atoms with Gasteiger partial charge in [0.05, 0.1) is 0 Å². The fourth-order valence-corrected chi connectivity index (χ4v) is 4.28. The maximum Gasteiger partial charge on any atom is 0.0168 e. The van der Waals surface area contributed by atoms with E-state index in [-0.39, 0.29) is 0 Å². The molecule has 1 aliphatic carbocycles. The zero-order valence-electron chi connectivity index (χ0n) is 10.0. The lowest BCUT2D eigenvalue weighted by Crippen LogP contribution is -2.44. The SMILES string of the molecule is CCCC1CCCCC1NC1CCSC1. The minimum Gasteiger partial charge on any atom is -0.310 e. The minimum atomic E-state index is 0.831. The van der Waals surface area contributed by atoms with Crippen molar-refractivity contribution in [2.75, 3.05) is 11.5 Å². The third-order valence-electron chi connectivity index (χ3n) is 3.95. The molecule has 1 nitrogen and oxygen atoms in total. The van der Waals surface area contributed by atoms with Crippen LogP contribution in [-0.4, -0.2) is 23.6 Å². The molecule has 0 amide bonds. The van der Waals surface area contributed by atoms with Gasteiger partial charge >= 0.3 is 0 Å². The van der Waals surface area contributed by atoms with Crippen LogP contribution in [0.3, 0.4) is 0 Å². The molecule has 0 aromatic carbocycles. The van der Waals surface area contributed by atoms with E-state index in [9.17, 15) is 0 Å². The molecule has 3 unspecified atom stereocenters. The van der Waals surface area contributed by atoms with E-state index >= 15 is 0 Å². The number of thioether (sulfide) groups is 1. The van der Waals surface area contributed by atoms with E-state index in [1.54, 1.807) is 0 Å². The first-order valence-electron chi connectivity index (χ1n) is 6.74. The van der Waals surface area contributed by atoms with Crippen molar-refractivity contribution >= 4 is 11.8 Å². The third-order valence-corrected chi connectivity index (χ3v) is 5.11. The van der Waals surface area contributed by atoms with Crippen LogP contribution in [0.5, 0.6) is 0 Å². The Morgan fingerprint density at radius 2 is 2.07 bits per heavy atom. The topological polar surface area (TPSA) is 12.0 Å². The molecule has 2 fully saturated rings. The van der Waals surface area contributed by atoms with Crippen molar-refractivity contribution in [3.63, 3.8) is 0 Å². The highest BCUT2D eigenvalue weighted by Crippen LogP contribution is 2.29. The first-order chi connectivity index (χ1) is 7.40. The molecule has 1 N–H and O–H groups in total. The van der Waals surface area contributed by atoms with Crippen LogP contribution in [-0.2, 0) is 0 Å². The molecule has 2 aliphatic rings. The summed E-state index contributed by atoms with van der Waals surface area (Å²) in [7, 11) is 0. The van der Waals surface area contributed by atoms with E-state index in [1.165, 1.54) is 56.5 Å². The summed E-state index contributed by atoms with van der Waals surface area (Å²) in [6, 6.07) is 1.68. The molecular weight excluding hydrogens is 202 g/mol. The van der Waals surface area contributed by atoms with Crippen LogP contribution in [0.1, 0.15) is 51.9 Å². The molecule has 0 bridgehead atoms. The maximum absolute atomic E-state index is 3.93. The summed E-state index contributed by atoms with van der Waals surface area (Å²) in [6.45, 7) is 2.33. The van der Waals surface area contributed by atoms with Gasteiger partial charge in [-0.15, -0.1) is 0 Å². The highest BCUT2D eigenvalue weighted by molar-refractivity contribution is 7.99. The molecule has 0 aromatic rings. The second kappa shape index (κ2) is 6.15. The van der Waals surface area contributed by atoms with Crippen molar-refractivity contribution in [1.29, 1.82) is 0 Å². The zero-order chi connectivity index (χ0) is 10.5. The molecule has 2 heteroatoms. The van der Waals surface area contributed by atoms with Crippen molar-refractivity contribution in [3.8, 4) is 0 Å². The molecule has 0 aromatic heterocycles. The van der Waals surface area contributed by atoms with Crippen LogP contribution in [0, 0.1) is 5.92 Å². The van der Waals surface area contributed by atoms with Crippen molar-refractivity contribution in [2.24, 2.45) is 5.92 Å². The number of rotatable bonds is 4. The van der Waals surface area contributed by atoms with Crippen LogP contribution >= 0.6 is 11.8 Å². The Kier molecular flexibility index (Phi) is 4.83. The van der Waals surface area contributed by atoms with Gasteiger partial charge in [-0.05, 0) is 37.4 Å².